The first-order valence-electron chi connectivity index (χ1n) is 11.3. The number of carbonyl (C=O) groups is 1. The zero-order valence-electron chi connectivity index (χ0n) is 19.0. The smallest absolute Gasteiger partial charge is 0.413 e. The number of aromatic nitrogens is 2. The van der Waals surface area contributed by atoms with Gasteiger partial charge >= 0.3 is 6.09 Å². The van der Waals surface area contributed by atoms with Crippen molar-refractivity contribution in [3.8, 4) is 17.0 Å². The first-order chi connectivity index (χ1) is 16.5. The number of rotatable bonds is 4. The van der Waals surface area contributed by atoms with E-state index in [4.69, 9.17) is 19.9 Å². The van der Waals surface area contributed by atoms with Crippen LogP contribution in [0.25, 0.3) is 21.9 Å². The van der Waals surface area contributed by atoms with Gasteiger partial charge in [-0.2, -0.15) is 0 Å². The van der Waals surface area contributed by atoms with Gasteiger partial charge < -0.3 is 25.3 Å². The molecule has 0 saturated carbocycles. The Bertz CT molecular complexity index is 1270. The average Bonchev–Trinajstić information content (AvgIpc) is 3.29. The molecule has 4 heterocycles. The molecule has 1 fully saturated rings. The third-order valence-corrected chi connectivity index (χ3v) is 6.39. The van der Waals surface area contributed by atoms with Crippen molar-refractivity contribution in [3.63, 3.8) is 0 Å². The highest BCUT2D eigenvalue weighted by molar-refractivity contribution is 5.99. The zero-order chi connectivity index (χ0) is 23.8. The van der Waals surface area contributed by atoms with E-state index in [-0.39, 0.29) is 23.5 Å². The van der Waals surface area contributed by atoms with E-state index >= 15 is 4.39 Å². The van der Waals surface area contributed by atoms with E-state index in [0.717, 1.165) is 17.7 Å². The topological polar surface area (TPSA) is 121 Å². The second kappa shape index (κ2) is 8.94. The fraction of sp³-hybridized carbons (Fsp3) is 0.375. The molecule has 1 amide bonds. The lowest BCUT2D eigenvalue weighted by Gasteiger charge is -2.22. The summed E-state index contributed by atoms with van der Waals surface area (Å²) in [5.74, 6) is 0.391. The van der Waals surface area contributed by atoms with Gasteiger partial charge in [-0.15, -0.1) is 0 Å². The molecule has 9 nitrogen and oxygen atoms in total. The molecule has 1 aromatic carbocycles. The standard InChI is InChI=1S/C24H26FN5O4/c1-3-13-10-32-11-18(13)34-24(31)30-19-7-14-6-15(20(25)21(26)17(14)9-28-19)16-8-29-23-22(12(16)2)27-4-5-33-23/h6-9,13,18,27H,3-5,10-11,26H2,1-2H3,(H,28,30,31)/t13-,18-/m0/s1. The van der Waals surface area contributed by atoms with Crippen LogP contribution in [0.2, 0.25) is 0 Å². The van der Waals surface area contributed by atoms with Crippen molar-refractivity contribution in [3.05, 3.63) is 35.9 Å². The van der Waals surface area contributed by atoms with E-state index < -0.39 is 11.9 Å². The number of ether oxygens (including phenoxy) is 3. The number of pyridine rings is 2. The molecule has 2 atom stereocenters. The van der Waals surface area contributed by atoms with Crippen LogP contribution >= 0.6 is 0 Å². The highest BCUT2D eigenvalue weighted by Gasteiger charge is 2.30. The number of nitrogen functional groups attached to an aromatic ring is 1. The van der Waals surface area contributed by atoms with Crippen LogP contribution in [0, 0.1) is 18.7 Å². The molecule has 3 aromatic rings. The SMILES string of the molecule is CC[C@H]1COC[C@@H]1OC(=O)Nc1cc2cc(-c3cnc4c(c3C)NCCO4)c(F)c(N)c2cn1. The summed E-state index contributed by atoms with van der Waals surface area (Å²) in [6.45, 7) is 6.03. The Morgan fingerprint density at radius 2 is 2.15 bits per heavy atom. The second-order valence-electron chi connectivity index (χ2n) is 8.47. The van der Waals surface area contributed by atoms with Crippen LogP contribution in [0.15, 0.2) is 24.5 Å². The Balaban J connectivity index is 1.46. The van der Waals surface area contributed by atoms with Gasteiger partial charge in [-0.25, -0.2) is 19.2 Å². The van der Waals surface area contributed by atoms with Crippen molar-refractivity contribution < 1.29 is 23.4 Å². The van der Waals surface area contributed by atoms with Gasteiger partial charge in [0.2, 0.25) is 5.88 Å². The number of hydrogen-bond acceptors (Lipinski definition) is 8. The van der Waals surface area contributed by atoms with Crippen molar-refractivity contribution in [2.45, 2.75) is 26.4 Å². The summed E-state index contributed by atoms with van der Waals surface area (Å²) in [5, 5.41) is 6.97. The van der Waals surface area contributed by atoms with Gasteiger partial charge in [-0.05, 0) is 36.4 Å². The van der Waals surface area contributed by atoms with Crippen LogP contribution in [0.4, 0.5) is 26.4 Å². The highest BCUT2D eigenvalue weighted by atomic mass is 19.1. The van der Waals surface area contributed by atoms with Crippen LogP contribution in [0.3, 0.4) is 0 Å². The summed E-state index contributed by atoms with van der Waals surface area (Å²) in [7, 11) is 0. The predicted molar refractivity (Wildman–Crippen MR) is 127 cm³/mol. The molecule has 0 spiro atoms. The number of anilines is 3. The Morgan fingerprint density at radius 3 is 2.97 bits per heavy atom. The summed E-state index contributed by atoms with van der Waals surface area (Å²) in [6.07, 6.45) is 2.97. The quantitative estimate of drug-likeness (QED) is 0.491. The van der Waals surface area contributed by atoms with E-state index in [1.165, 1.54) is 6.20 Å². The molecule has 0 radical (unpaired) electrons. The molecular weight excluding hydrogens is 441 g/mol. The molecule has 2 aliphatic rings. The maximum atomic E-state index is 15.3. The van der Waals surface area contributed by atoms with Gasteiger partial charge in [0, 0.05) is 41.4 Å². The molecule has 2 aliphatic heterocycles. The molecule has 34 heavy (non-hydrogen) atoms. The minimum Gasteiger partial charge on any atom is -0.474 e. The number of nitrogens with two attached hydrogens (primary N) is 1. The maximum Gasteiger partial charge on any atom is 0.413 e. The third-order valence-electron chi connectivity index (χ3n) is 6.39. The third kappa shape index (κ3) is 3.94. The van der Waals surface area contributed by atoms with Crippen LogP contribution in [-0.2, 0) is 9.47 Å². The lowest BCUT2D eigenvalue weighted by atomic mass is 9.97. The molecule has 4 N–H and O–H groups in total. The van der Waals surface area contributed by atoms with E-state index in [9.17, 15) is 4.79 Å². The molecule has 1 saturated heterocycles. The molecule has 0 unspecified atom stereocenters. The number of fused-ring (bicyclic) bond motifs is 2. The summed E-state index contributed by atoms with van der Waals surface area (Å²) in [4.78, 5) is 21.0. The van der Waals surface area contributed by atoms with Crippen molar-refractivity contribution in [2.75, 3.05) is 42.7 Å². The van der Waals surface area contributed by atoms with Gasteiger partial charge in [0.1, 0.15) is 24.2 Å². The van der Waals surface area contributed by atoms with Gasteiger partial charge in [-0.1, -0.05) is 6.92 Å². The van der Waals surface area contributed by atoms with Crippen LogP contribution in [0.5, 0.6) is 5.88 Å². The summed E-state index contributed by atoms with van der Waals surface area (Å²) < 4.78 is 31.8. The normalized spacial score (nSPS) is 19.3. The minimum absolute atomic E-state index is 0.0238. The number of amides is 1. The monoisotopic (exact) mass is 467 g/mol. The molecule has 2 aromatic heterocycles. The Hall–Kier alpha value is -3.66. The number of carbonyl (C=O) groups excluding carboxylic acids is 1. The summed E-state index contributed by atoms with van der Waals surface area (Å²) in [5.41, 5.74) is 8.56. The lowest BCUT2D eigenvalue weighted by Crippen LogP contribution is -2.28. The number of halogens is 1. The van der Waals surface area contributed by atoms with Gasteiger partial charge in [-0.3, -0.25) is 5.32 Å². The minimum atomic E-state index is -0.614. The molecule has 0 aliphatic carbocycles. The van der Waals surface area contributed by atoms with Gasteiger partial charge in [0.15, 0.2) is 5.82 Å². The number of hydrogen-bond donors (Lipinski definition) is 3. The van der Waals surface area contributed by atoms with E-state index in [0.29, 0.717) is 54.1 Å². The average molecular weight is 468 g/mol. The first kappa shape index (κ1) is 22.1. The summed E-state index contributed by atoms with van der Waals surface area (Å²) in [6, 6.07) is 3.32. The Kier molecular flexibility index (Phi) is 5.82. The second-order valence-corrected chi connectivity index (χ2v) is 8.47. The van der Waals surface area contributed by atoms with Crippen molar-refractivity contribution in [1.29, 1.82) is 0 Å². The van der Waals surface area contributed by atoms with Crippen LogP contribution in [-0.4, -0.2) is 48.5 Å². The molecule has 178 valence electrons. The van der Waals surface area contributed by atoms with Crippen LogP contribution < -0.4 is 21.1 Å². The maximum absolute atomic E-state index is 15.3. The summed E-state index contributed by atoms with van der Waals surface area (Å²) >= 11 is 0. The van der Waals surface area contributed by atoms with Crippen molar-refractivity contribution in [1.82, 2.24) is 9.97 Å². The van der Waals surface area contributed by atoms with Gasteiger partial charge in [0.05, 0.1) is 18.9 Å². The molecular formula is C24H26FN5O4. The number of nitrogens with one attached hydrogen (secondary N) is 2. The zero-order valence-corrected chi connectivity index (χ0v) is 19.0. The Labute approximate surface area is 195 Å². The van der Waals surface area contributed by atoms with Crippen LogP contribution in [0.1, 0.15) is 18.9 Å². The fourth-order valence-electron chi connectivity index (χ4n) is 4.42. The van der Waals surface area contributed by atoms with E-state index in [1.54, 1.807) is 18.3 Å². The number of benzene rings is 1. The van der Waals surface area contributed by atoms with E-state index in [1.807, 2.05) is 13.8 Å². The Morgan fingerprint density at radius 1 is 1.29 bits per heavy atom. The molecule has 10 heteroatoms. The largest absolute Gasteiger partial charge is 0.474 e. The van der Waals surface area contributed by atoms with Gasteiger partial charge in [0.25, 0.3) is 0 Å². The number of nitrogens with zero attached hydrogens (tertiary/aromatic N) is 2. The predicted octanol–water partition coefficient (Wildman–Crippen LogP) is 4.10. The lowest BCUT2D eigenvalue weighted by molar-refractivity contribution is 0.0816. The highest BCUT2D eigenvalue weighted by Crippen LogP contribution is 2.39. The van der Waals surface area contributed by atoms with Crippen molar-refractivity contribution in [2.24, 2.45) is 5.92 Å². The fourth-order valence-corrected chi connectivity index (χ4v) is 4.42. The molecule has 0 bridgehead atoms. The first-order valence-corrected chi connectivity index (χ1v) is 11.3. The van der Waals surface area contributed by atoms with Crippen molar-refractivity contribution >= 4 is 34.1 Å². The molecule has 5 rings (SSSR count). The van der Waals surface area contributed by atoms with E-state index in [2.05, 4.69) is 20.6 Å².